The van der Waals surface area contributed by atoms with Gasteiger partial charge < -0.3 is 10.4 Å². The largest absolute Gasteiger partial charge is 0.387 e. The third-order valence-corrected chi connectivity index (χ3v) is 4.34. The van der Waals surface area contributed by atoms with Crippen LogP contribution in [0.3, 0.4) is 0 Å². The quantitative estimate of drug-likeness (QED) is 0.826. The molecule has 0 spiro atoms. The number of benzene rings is 1. The smallest absolute Gasteiger partial charge is 0.148 e. The standard InChI is InChI=1S/C14H23NO3S/c1-14(2,10-19(4,17)18)12-7-5-11(6-8-12)13(16)9-15-3/h5-8,13,15-16H,9-10H2,1-4H3. The van der Waals surface area contributed by atoms with Gasteiger partial charge >= 0.3 is 0 Å². The monoisotopic (exact) mass is 285 g/mol. The van der Waals surface area contributed by atoms with E-state index >= 15 is 0 Å². The van der Waals surface area contributed by atoms with Crippen LogP contribution in [0, 0.1) is 0 Å². The highest BCUT2D eigenvalue weighted by Crippen LogP contribution is 2.26. The van der Waals surface area contributed by atoms with Crippen LogP contribution in [-0.2, 0) is 15.3 Å². The summed E-state index contributed by atoms with van der Waals surface area (Å²) in [7, 11) is -1.24. The van der Waals surface area contributed by atoms with Gasteiger partial charge in [0.1, 0.15) is 9.84 Å². The number of hydrogen-bond acceptors (Lipinski definition) is 4. The van der Waals surface area contributed by atoms with Gasteiger partial charge in [0.2, 0.25) is 0 Å². The molecule has 108 valence electrons. The highest BCUT2D eigenvalue weighted by Gasteiger charge is 2.25. The molecule has 0 bridgehead atoms. The van der Waals surface area contributed by atoms with Crippen LogP contribution < -0.4 is 5.32 Å². The van der Waals surface area contributed by atoms with Crippen molar-refractivity contribution in [2.45, 2.75) is 25.4 Å². The molecular weight excluding hydrogens is 262 g/mol. The molecule has 0 aliphatic heterocycles. The summed E-state index contributed by atoms with van der Waals surface area (Å²) in [6.45, 7) is 4.31. The zero-order chi connectivity index (χ0) is 14.7. The van der Waals surface area contributed by atoms with E-state index in [0.29, 0.717) is 6.54 Å². The lowest BCUT2D eigenvalue weighted by atomic mass is 9.86. The second kappa shape index (κ2) is 6.03. The molecule has 1 unspecified atom stereocenters. The summed E-state index contributed by atoms with van der Waals surface area (Å²) in [5, 5.41) is 12.8. The van der Waals surface area contributed by atoms with Crippen LogP contribution in [0.1, 0.15) is 31.1 Å². The zero-order valence-electron chi connectivity index (χ0n) is 12.0. The number of rotatable bonds is 6. The summed E-state index contributed by atoms with van der Waals surface area (Å²) in [5.74, 6) is 0.110. The van der Waals surface area contributed by atoms with E-state index in [0.717, 1.165) is 11.1 Å². The summed E-state index contributed by atoms with van der Waals surface area (Å²) in [4.78, 5) is 0. The Hall–Kier alpha value is -0.910. The van der Waals surface area contributed by atoms with Crippen molar-refractivity contribution in [2.75, 3.05) is 25.6 Å². The minimum atomic E-state index is -3.02. The molecule has 1 rings (SSSR count). The van der Waals surface area contributed by atoms with E-state index in [1.165, 1.54) is 6.26 Å². The minimum absolute atomic E-state index is 0.110. The van der Waals surface area contributed by atoms with Gasteiger partial charge in [0.05, 0.1) is 11.9 Å². The average molecular weight is 285 g/mol. The van der Waals surface area contributed by atoms with Gasteiger partial charge in [-0.3, -0.25) is 0 Å². The van der Waals surface area contributed by atoms with E-state index in [9.17, 15) is 13.5 Å². The SMILES string of the molecule is CNCC(O)c1ccc(C(C)(C)CS(C)(=O)=O)cc1. The van der Waals surface area contributed by atoms with Gasteiger partial charge in [-0.05, 0) is 18.2 Å². The first-order chi connectivity index (χ1) is 8.65. The lowest BCUT2D eigenvalue weighted by molar-refractivity contribution is 0.177. The van der Waals surface area contributed by atoms with Crippen molar-refractivity contribution in [3.63, 3.8) is 0 Å². The number of aliphatic hydroxyl groups excluding tert-OH is 1. The molecule has 0 amide bonds. The molecule has 0 aliphatic carbocycles. The fourth-order valence-corrected chi connectivity index (χ4v) is 3.68. The minimum Gasteiger partial charge on any atom is -0.387 e. The van der Waals surface area contributed by atoms with Crippen LogP contribution in [0.25, 0.3) is 0 Å². The Balaban J connectivity index is 2.92. The second-order valence-corrected chi connectivity index (χ2v) is 7.79. The molecule has 0 saturated carbocycles. The van der Waals surface area contributed by atoms with Crippen molar-refractivity contribution in [2.24, 2.45) is 0 Å². The Bertz CT molecular complexity index is 506. The molecule has 1 aromatic rings. The molecule has 4 nitrogen and oxygen atoms in total. The second-order valence-electron chi connectivity index (χ2n) is 5.65. The number of nitrogens with one attached hydrogen (secondary N) is 1. The summed E-state index contributed by atoms with van der Waals surface area (Å²) in [6.07, 6.45) is 0.705. The molecule has 1 aromatic carbocycles. The van der Waals surface area contributed by atoms with Gasteiger partial charge in [-0.1, -0.05) is 38.1 Å². The topological polar surface area (TPSA) is 66.4 Å². The highest BCUT2D eigenvalue weighted by atomic mass is 32.2. The fourth-order valence-electron chi connectivity index (χ4n) is 2.21. The average Bonchev–Trinajstić information content (AvgIpc) is 2.26. The van der Waals surface area contributed by atoms with Crippen molar-refractivity contribution in [1.82, 2.24) is 5.32 Å². The molecular formula is C14H23NO3S. The molecule has 0 aromatic heterocycles. The zero-order valence-corrected chi connectivity index (χ0v) is 12.8. The van der Waals surface area contributed by atoms with Crippen molar-refractivity contribution >= 4 is 9.84 Å². The fraction of sp³-hybridized carbons (Fsp3) is 0.571. The van der Waals surface area contributed by atoms with Crippen molar-refractivity contribution in [3.8, 4) is 0 Å². The van der Waals surface area contributed by atoms with Gasteiger partial charge in [-0.15, -0.1) is 0 Å². The summed E-state index contributed by atoms with van der Waals surface area (Å²) < 4.78 is 22.9. The Kier molecular flexibility index (Phi) is 5.12. The molecule has 0 saturated heterocycles. The van der Waals surface area contributed by atoms with E-state index in [2.05, 4.69) is 5.32 Å². The molecule has 19 heavy (non-hydrogen) atoms. The summed E-state index contributed by atoms with van der Waals surface area (Å²) in [5.41, 5.74) is 1.35. The van der Waals surface area contributed by atoms with E-state index in [4.69, 9.17) is 0 Å². The number of hydrogen-bond donors (Lipinski definition) is 2. The third-order valence-electron chi connectivity index (χ3n) is 3.10. The van der Waals surface area contributed by atoms with Crippen LogP contribution in [0.4, 0.5) is 0 Å². The van der Waals surface area contributed by atoms with E-state index in [-0.39, 0.29) is 5.75 Å². The molecule has 5 heteroatoms. The van der Waals surface area contributed by atoms with E-state index < -0.39 is 21.4 Å². The molecule has 1 atom stereocenters. The van der Waals surface area contributed by atoms with E-state index in [1.54, 1.807) is 7.05 Å². The van der Waals surface area contributed by atoms with Gasteiger partial charge in [-0.25, -0.2) is 8.42 Å². The number of sulfone groups is 1. The maximum atomic E-state index is 11.4. The van der Waals surface area contributed by atoms with Crippen LogP contribution in [0.5, 0.6) is 0 Å². The van der Waals surface area contributed by atoms with Crippen LogP contribution in [0.2, 0.25) is 0 Å². The maximum Gasteiger partial charge on any atom is 0.148 e. The van der Waals surface area contributed by atoms with Crippen molar-refractivity contribution < 1.29 is 13.5 Å². The van der Waals surface area contributed by atoms with Crippen LogP contribution >= 0.6 is 0 Å². The molecule has 0 fully saturated rings. The Morgan fingerprint density at radius 1 is 1.26 bits per heavy atom. The van der Waals surface area contributed by atoms with Crippen molar-refractivity contribution in [1.29, 1.82) is 0 Å². The predicted octanol–water partition coefficient (Wildman–Crippen LogP) is 1.26. The van der Waals surface area contributed by atoms with E-state index in [1.807, 2.05) is 38.1 Å². The Morgan fingerprint density at radius 2 is 1.79 bits per heavy atom. The Morgan fingerprint density at radius 3 is 2.21 bits per heavy atom. The summed E-state index contributed by atoms with van der Waals surface area (Å²) in [6, 6.07) is 7.47. The first-order valence-corrected chi connectivity index (χ1v) is 8.32. The summed E-state index contributed by atoms with van der Waals surface area (Å²) >= 11 is 0. The molecule has 2 N–H and O–H groups in total. The lowest BCUT2D eigenvalue weighted by Gasteiger charge is -2.24. The van der Waals surface area contributed by atoms with Gasteiger partial charge in [0, 0.05) is 18.2 Å². The predicted molar refractivity (Wildman–Crippen MR) is 78.1 cm³/mol. The first kappa shape index (κ1) is 16.1. The van der Waals surface area contributed by atoms with Crippen LogP contribution in [-0.4, -0.2) is 39.1 Å². The highest BCUT2D eigenvalue weighted by molar-refractivity contribution is 7.90. The Labute approximate surface area is 115 Å². The van der Waals surface area contributed by atoms with Crippen molar-refractivity contribution in [3.05, 3.63) is 35.4 Å². The molecule has 0 heterocycles. The maximum absolute atomic E-state index is 11.4. The van der Waals surface area contributed by atoms with Crippen LogP contribution in [0.15, 0.2) is 24.3 Å². The number of likely N-dealkylation sites (N-methyl/N-ethyl adjacent to an activating group) is 1. The third kappa shape index (κ3) is 4.93. The normalized spacial score (nSPS) is 14.4. The van der Waals surface area contributed by atoms with Gasteiger partial charge in [-0.2, -0.15) is 0 Å². The van der Waals surface area contributed by atoms with Gasteiger partial charge in [0.15, 0.2) is 0 Å². The molecule has 0 aliphatic rings. The lowest BCUT2D eigenvalue weighted by Crippen LogP contribution is -2.27. The van der Waals surface area contributed by atoms with Gasteiger partial charge in [0.25, 0.3) is 0 Å². The first-order valence-electron chi connectivity index (χ1n) is 6.26. The number of aliphatic hydroxyl groups is 1. The molecule has 0 radical (unpaired) electrons.